The van der Waals surface area contributed by atoms with E-state index in [1.54, 1.807) is 0 Å². The standard InChI is InChI=1S/C19H29N3O6S2/c1-28-18-10-9-15(22(24)25)13-17(18)21(30(2,26)27)14-19(23)20-11-6-12-29-16-7-4-3-5-8-16/h9-10,13,16H,3-8,11-12,14H2,1-2H3,(H,20,23). The van der Waals surface area contributed by atoms with Gasteiger partial charge in [0.15, 0.2) is 0 Å². The molecule has 1 amide bonds. The fourth-order valence-corrected chi connectivity index (χ4v) is 5.50. The second-order valence-electron chi connectivity index (χ2n) is 7.22. The van der Waals surface area contributed by atoms with Gasteiger partial charge in [0.1, 0.15) is 18.0 Å². The van der Waals surface area contributed by atoms with E-state index in [0.29, 0.717) is 11.8 Å². The molecule has 2 rings (SSSR count). The average Bonchev–Trinajstić information content (AvgIpc) is 2.71. The Balaban J connectivity index is 1.95. The molecule has 1 fully saturated rings. The van der Waals surface area contributed by atoms with Gasteiger partial charge in [0.05, 0.1) is 18.3 Å². The van der Waals surface area contributed by atoms with E-state index in [2.05, 4.69) is 5.32 Å². The number of rotatable bonds is 11. The Morgan fingerprint density at radius 3 is 2.63 bits per heavy atom. The summed E-state index contributed by atoms with van der Waals surface area (Å²) >= 11 is 1.94. The van der Waals surface area contributed by atoms with Gasteiger partial charge >= 0.3 is 0 Å². The molecule has 1 aromatic carbocycles. The first kappa shape index (κ1) is 24.3. The van der Waals surface area contributed by atoms with Crippen LogP contribution in [0.4, 0.5) is 11.4 Å². The van der Waals surface area contributed by atoms with Crippen LogP contribution in [0, 0.1) is 10.1 Å². The van der Waals surface area contributed by atoms with E-state index in [4.69, 9.17) is 4.74 Å². The summed E-state index contributed by atoms with van der Waals surface area (Å²) in [6.07, 6.45) is 8.15. The van der Waals surface area contributed by atoms with E-state index in [1.807, 2.05) is 11.8 Å². The van der Waals surface area contributed by atoms with Gasteiger partial charge in [-0.15, -0.1) is 0 Å². The molecule has 1 saturated carbocycles. The van der Waals surface area contributed by atoms with Gasteiger partial charge in [0.25, 0.3) is 5.69 Å². The van der Waals surface area contributed by atoms with Crippen molar-refractivity contribution in [2.24, 2.45) is 0 Å². The number of non-ortho nitro benzene ring substituents is 1. The molecule has 1 N–H and O–H groups in total. The number of nitro benzene ring substituents is 1. The number of ether oxygens (including phenoxy) is 1. The Kier molecular flexibility index (Phi) is 9.22. The van der Waals surface area contributed by atoms with Gasteiger partial charge in [-0.2, -0.15) is 11.8 Å². The first-order chi connectivity index (χ1) is 14.2. The van der Waals surface area contributed by atoms with Crippen LogP contribution in [0.3, 0.4) is 0 Å². The lowest BCUT2D eigenvalue weighted by Crippen LogP contribution is -2.41. The number of anilines is 1. The fourth-order valence-electron chi connectivity index (χ4n) is 3.34. The summed E-state index contributed by atoms with van der Waals surface area (Å²) in [6.45, 7) is -0.0334. The van der Waals surface area contributed by atoms with Crippen molar-refractivity contribution in [1.82, 2.24) is 5.32 Å². The number of nitro groups is 1. The second-order valence-corrected chi connectivity index (χ2v) is 10.5. The van der Waals surface area contributed by atoms with Gasteiger partial charge in [-0.1, -0.05) is 19.3 Å². The molecule has 0 heterocycles. The van der Waals surface area contributed by atoms with Crippen LogP contribution in [0.5, 0.6) is 5.75 Å². The molecule has 30 heavy (non-hydrogen) atoms. The zero-order valence-corrected chi connectivity index (χ0v) is 19.0. The topological polar surface area (TPSA) is 119 Å². The molecule has 168 valence electrons. The maximum atomic E-state index is 12.4. The number of nitrogens with zero attached hydrogens (tertiary/aromatic N) is 2. The van der Waals surface area contributed by atoms with Crippen LogP contribution >= 0.6 is 11.8 Å². The zero-order chi connectivity index (χ0) is 22.1. The Labute approximate surface area is 181 Å². The minimum atomic E-state index is -3.87. The molecule has 1 aromatic rings. The molecule has 0 atom stereocenters. The van der Waals surface area contributed by atoms with Crippen molar-refractivity contribution in [3.05, 3.63) is 28.3 Å². The second kappa shape index (κ2) is 11.4. The maximum absolute atomic E-state index is 12.4. The van der Waals surface area contributed by atoms with Gasteiger partial charge in [-0.25, -0.2) is 8.42 Å². The average molecular weight is 460 g/mol. The van der Waals surface area contributed by atoms with Crippen LogP contribution < -0.4 is 14.4 Å². The third-order valence-corrected chi connectivity index (χ3v) is 7.47. The molecule has 9 nitrogen and oxygen atoms in total. The highest BCUT2D eigenvalue weighted by atomic mass is 32.2. The maximum Gasteiger partial charge on any atom is 0.271 e. The van der Waals surface area contributed by atoms with Crippen LogP contribution in [-0.4, -0.2) is 56.7 Å². The SMILES string of the molecule is COc1ccc([N+](=O)[O-])cc1N(CC(=O)NCCCSC1CCCCC1)S(C)(=O)=O. The lowest BCUT2D eigenvalue weighted by Gasteiger charge is -2.23. The summed E-state index contributed by atoms with van der Waals surface area (Å²) in [5, 5.41) is 14.5. The van der Waals surface area contributed by atoms with Crippen LogP contribution in [0.2, 0.25) is 0 Å². The summed E-state index contributed by atoms with van der Waals surface area (Å²) in [7, 11) is -2.54. The van der Waals surface area contributed by atoms with Crippen LogP contribution in [-0.2, 0) is 14.8 Å². The molecule has 0 bridgehead atoms. The number of amides is 1. The monoisotopic (exact) mass is 459 g/mol. The minimum absolute atomic E-state index is 0.0443. The number of hydrogen-bond donors (Lipinski definition) is 1. The number of thioether (sulfide) groups is 1. The van der Waals surface area contributed by atoms with E-state index >= 15 is 0 Å². The summed E-state index contributed by atoms with van der Waals surface area (Å²) < 4.78 is 30.5. The number of methoxy groups -OCH3 is 1. The lowest BCUT2D eigenvalue weighted by atomic mass is 10.0. The fraction of sp³-hybridized carbons (Fsp3) is 0.632. The third kappa shape index (κ3) is 7.35. The largest absolute Gasteiger partial charge is 0.495 e. The number of carbonyl (C=O) groups excluding carboxylic acids is 1. The number of nitrogens with one attached hydrogen (secondary N) is 1. The highest BCUT2D eigenvalue weighted by Gasteiger charge is 2.26. The van der Waals surface area contributed by atoms with Crippen molar-refractivity contribution < 1.29 is 22.9 Å². The summed E-state index contributed by atoms with van der Waals surface area (Å²) in [5.41, 5.74) is -0.336. The molecule has 0 spiro atoms. The minimum Gasteiger partial charge on any atom is -0.495 e. The number of hydrogen-bond acceptors (Lipinski definition) is 7. The van der Waals surface area contributed by atoms with Crippen molar-refractivity contribution in [3.63, 3.8) is 0 Å². The molecule has 0 aliphatic heterocycles. The molecule has 0 aromatic heterocycles. The van der Waals surface area contributed by atoms with Gasteiger partial charge < -0.3 is 10.1 Å². The van der Waals surface area contributed by atoms with Crippen molar-refractivity contribution in [2.75, 3.05) is 36.5 Å². The predicted molar refractivity (Wildman–Crippen MR) is 119 cm³/mol. The quantitative estimate of drug-likeness (QED) is 0.307. The van der Waals surface area contributed by atoms with E-state index in [9.17, 15) is 23.3 Å². The van der Waals surface area contributed by atoms with Gasteiger partial charge in [-0.05, 0) is 31.1 Å². The predicted octanol–water partition coefficient (Wildman–Crippen LogP) is 2.94. The number of carbonyl (C=O) groups is 1. The van der Waals surface area contributed by atoms with Crippen molar-refractivity contribution >= 4 is 39.1 Å². The first-order valence-electron chi connectivity index (χ1n) is 9.91. The van der Waals surface area contributed by atoms with E-state index in [-0.39, 0.29) is 17.1 Å². The van der Waals surface area contributed by atoms with E-state index in [0.717, 1.165) is 28.8 Å². The number of benzene rings is 1. The molecular weight excluding hydrogens is 430 g/mol. The van der Waals surface area contributed by atoms with Crippen molar-refractivity contribution in [3.8, 4) is 5.75 Å². The molecule has 0 saturated heterocycles. The molecule has 0 unspecified atom stereocenters. The molecule has 1 aliphatic carbocycles. The van der Waals surface area contributed by atoms with Crippen molar-refractivity contribution in [1.29, 1.82) is 0 Å². The van der Waals surface area contributed by atoms with Crippen molar-refractivity contribution in [2.45, 2.75) is 43.8 Å². The van der Waals surface area contributed by atoms with Gasteiger partial charge in [0, 0.05) is 23.9 Å². The van der Waals surface area contributed by atoms with Crippen LogP contribution in [0.1, 0.15) is 38.5 Å². The number of sulfonamides is 1. The van der Waals surface area contributed by atoms with Crippen LogP contribution in [0.25, 0.3) is 0 Å². The molecule has 1 aliphatic rings. The zero-order valence-electron chi connectivity index (χ0n) is 17.3. The van der Waals surface area contributed by atoms with E-state index < -0.39 is 27.4 Å². The Hall–Kier alpha value is -2.01. The summed E-state index contributed by atoms with van der Waals surface area (Å²) in [5.74, 6) is 0.596. The van der Waals surface area contributed by atoms with E-state index in [1.165, 1.54) is 51.3 Å². The smallest absolute Gasteiger partial charge is 0.271 e. The Bertz CT molecular complexity index is 841. The Morgan fingerprint density at radius 1 is 1.33 bits per heavy atom. The highest BCUT2D eigenvalue weighted by molar-refractivity contribution is 7.99. The Morgan fingerprint density at radius 2 is 2.03 bits per heavy atom. The highest BCUT2D eigenvalue weighted by Crippen LogP contribution is 2.33. The van der Waals surface area contributed by atoms with Gasteiger partial charge in [0.2, 0.25) is 15.9 Å². The van der Waals surface area contributed by atoms with Gasteiger partial charge in [-0.3, -0.25) is 19.2 Å². The first-order valence-corrected chi connectivity index (χ1v) is 12.8. The lowest BCUT2D eigenvalue weighted by molar-refractivity contribution is -0.384. The summed E-state index contributed by atoms with van der Waals surface area (Å²) in [6, 6.07) is 3.62. The van der Waals surface area contributed by atoms with Crippen LogP contribution in [0.15, 0.2) is 18.2 Å². The molecule has 0 radical (unpaired) electrons. The third-order valence-electron chi connectivity index (χ3n) is 4.88. The summed E-state index contributed by atoms with van der Waals surface area (Å²) in [4.78, 5) is 22.8. The molecule has 11 heteroatoms. The molecular formula is C19H29N3O6S2. The normalized spacial score (nSPS) is 14.9.